The van der Waals surface area contributed by atoms with Crippen molar-refractivity contribution in [1.29, 1.82) is 0 Å². The molecule has 4 rings (SSSR count). The minimum absolute atomic E-state index is 0.131. The van der Waals surface area contributed by atoms with Crippen molar-refractivity contribution in [3.05, 3.63) is 83.9 Å². The van der Waals surface area contributed by atoms with Gasteiger partial charge in [-0.05, 0) is 53.9 Å². The minimum atomic E-state index is -0.802. The van der Waals surface area contributed by atoms with E-state index in [2.05, 4.69) is 9.98 Å². The Bertz CT molecular complexity index is 1070. The highest BCUT2D eigenvalue weighted by atomic mass is 19.1. The van der Waals surface area contributed by atoms with Crippen LogP contribution in [0.25, 0.3) is 11.1 Å². The Labute approximate surface area is 179 Å². The maximum Gasteiger partial charge on any atom is 0.290 e. The molecule has 0 radical (unpaired) electrons. The van der Waals surface area contributed by atoms with E-state index in [0.29, 0.717) is 17.7 Å². The molecular weight excluding hydrogens is 401 g/mol. The minimum Gasteiger partial charge on any atom is -0.494 e. The fourth-order valence-electron chi connectivity index (χ4n) is 3.43. The topological polar surface area (TPSA) is 107 Å². The lowest BCUT2D eigenvalue weighted by Crippen LogP contribution is -2.27. The molecule has 1 aliphatic heterocycles. The standard InChI is InChI=1S/C22H20FN3O2.CH2O2/c1-2-27-18-10-8-16(9-11-18)22(14-28-21(24)26-22)17-6-3-5-15(13-17)19-7-4-12-25-20(19)23;2-1-3/h3-13H,2,14H2,1H3,(H2,24,26);1H,(H,2,3). The summed E-state index contributed by atoms with van der Waals surface area (Å²) in [5.41, 5.74) is 7.99. The third-order valence-corrected chi connectivity index (χ3v) is 4.78. The molecule has 7 nitrogen and oxygen atoms in total. The van der Waals surface area contributed by atoms with Crippen LogP contribution in [-0.4, -0.2) is 35.8 Å². The van der Waals surface area contributed by atoms with Crippen molar-refractivity contribution in [2.45, 2.75) is 12.5 Å². The van der Waals surface area contributed by atoms with Gasteiger partial charge in [-0.1, -0.05) is 30.3 Å². The summed E-state index contributed by atoms with van der Waals surface area (Å²) in [5.74, 6) is 0.268. The molecule has 0 bridgehead atoms. The summed E-state index contributed by atoms with van der Waals surface area (Å²) < 4.78 is 25.3. The first-order valence-corrected chi connectivity index (χ1v) is 9.54. The summed E-state index contributed by atoms with van der Waals surface area (Å²) >= 11 is 0. The van der Waals surface area contributed by atoms with Gasteiger partial charge in [-0.15, -0.1) is 0 Å². The largest absolute Gasteiger partial charge is 0.494 e. The maximum atomic E-state index is 14.2. The molecule has 1 aliphatic rings. The van der Waals surface area contributed by atoms with Crippen LogP contribution in [0.4, 0.5) is 4.39 Å². The molecule has 2 aromatic carbocycles. The van der Waals surface area contributed by atoms with E-state index in [-0.39, 0.29) is 19.1 Å². The molecule has 1 unspecified atom stereocenters. The van der Waals surface area contributed by atoms with E-state index in [4.69, 9.17) is 25.1 Å². The number of aromatic nitrogens is 1. The van der Waals surface area contributed by atoms with Crippen LogP contribution in [0.3, 0.4) is 0 Å². The highest BCUT2D eigenvalue weighted by Crippen LogP contribution is 2.39. The van der Waals surface area contributed by atoms with E-state index < -0.39 is 11.5 Å². The van der Waals surface area contributed by atoms with Gasteiger partial charge in [0.2, 0.25) is 5.95 Å². The number of aliphatic imine (C=N–C) groups is 1. The van der Waals surface area contributed by atoms with E-state index in [9.17, 15) is 4.39 Å². The Hall–Kier alpha value is -3.94. The summed E-state index contributed by atoms with van der Waals surface area (Å²) in [6.45, 7) is 2.55. The molecule has 0 amide bonds. The second kappa shape index (κ2) is 9.71. The highest BCUT2D eigenvalue weighted by Gasteiger charge is 2.40. The first kappa shape index (κ1) is 21.8. The number of hydrogen-bond acceptors (Lipinski definition) is 6. The summed E-state index contributed by atoms with van der Waals surface area (Å²) in [7, 11) is 0. The van der Waals surface area contributed by atoms with Crippen molar-refractivity contribution in [2.75, 3.05) is 13.2 Å². The molecule has 3 aromatic rings. The van der Waals surface area contributed by atoms with Crippen molar-refractivity contribution in [3.8, 4) is 16.9 Å². The average molecular weight is 423 g/mol. The molecule has 1 atom stereocenters. The predicted molar refractivity (Wildman–Crippen MR) is 114 cm³/mol. The molecular formula is C23H22FN3O4. The first-order chi connectivity index (χ1) is 15.0. The smallest absolute Gasteiger partial charge is 0.290 e. The van der Waals surface area contributed by atoms with E-state index in [1.807, 2.05) is 55.5 Å². The Morgan fingerprint density at radius 3 is 2.55 bits per heavy atom. The number of pyridine rings is 1. The molecule has 0 aliphatic carbocycles. The zero-order chi connectivity index (χ0) is 22.3. The van der Waals surface area contributed by atoms with Crippen LogP contribution in [-0.2, 0) is 15.1 Å². The van der Waals surface area contributed by atoms with Crippen molar-refractivity contribution in [2.24, 2.45) is 10.7 Å². The Kier molecular flexibility index (Phi) is 6.81. The van der Waals surface area contributed by atoms with Gasteiger partial charge in [0.05, 0.1) is 6.61 Å². The quantitative estimate of drug-likeness (QED) is 0.480. The van der Waals surface area contributed by atoms with Crippen molar-refractivity contribution in [3.63, 3.8) is 0 Å². The van der Waals surface area contributed by atoms with Gasteiger partial charge in [-0.3, -0.25) is 4.79 Å². The lowest BCUT2D eigenvalue weighted by molar-refractivity contribution is -0.122. The van der Waals surface area contributed by atoms with Gasteiger partial charge in [-0.2, -0.15) is 4.39 Å². The molecule has 0 saturated carbocycles. The fourth-order valence-corrected chi connectivity index (χ4v) is 3.43. The van der Waals surface area contributed by atoms with E-state index in [0.717, 1.165) is 16.9 Å². The Balaban J connectivity index is 0.000000858. The SMILES string of the molecule is CCOc1ccc(C2(c3cccc(-c4cccnc4F)c3)COC(N)=N2)cc1.O=CO. The van der Waals surface area contributed by atoms with Gasteiger partial charge in [0, 0.05) is 11.8 Å². The normalized spacial score (nSPS) is 17.0. The number of amidine groups is 1. The lowest BCUT2D eigenvalue weighted by Gasteiger charge is -2.26. The van der Waals surface area contributed by atoms with Crippen molar-refractivity contribution >= 4 is 12.5 Å². The van der Waals surface area contributed by atoms with Crippen LogP contribution in [0.5, 0.6) is 5.75 Å². The van der Waals surface area contributed by atoms with Crippen LogP contribution >= 0.6 is 0 Å². The molecule has 8 heteroatoms. The van der Waals surface area contributed by atoms with Gasteiger partial charge < -0.3 is 20.3 Å². The van der Waals surface area contributed by atoms with Gasteiger partial charge in [0.25, 0.3) is 12.5 Å². The van der Waals surface area contributed by atoms with Gasteiger partial charge >= 0.3 is 0 Å². The number of nitrogens with two attached hydrogens (primary N) is 1. The molecule has 0 saturated heterocycles. The molecule has 1 aromatic heterocycles. The summed E-state index contributed by atoms with van der Waals surface area (Å²) in [5, 5.41) is 6.89. The Morgan fingerprint density at radius 1 is 1.19 bits per heavy atom. The summed E-state index contributed by atoms with van der Waals surface area (Å²) in [4.78, 5) is 16.7. The number of benzene rings is 2. The molecule has 3 N–H and O–H groups in total. The number of ether oxygens (including phenoxy) is 2. The monoisotopic (exact) mass is 423 g/mol. The van der Waals surface area contributed by atoms with Crippen LogP contribution in [0.2, 0.25) is 0 Å². The molecule has 0 fully saturated rings. The van der Waals surface area contributed by atoms with Crippen LogP contribution in [0, 0.1) is 5.95 Å². The molecule has 31 heavy (non-hydrogen) atoms. The van der Waals surface area contributed by atoms with Gasteiger partial charge in [-0.25, -0.2) is 9.98 Å². The highest BCUT2D eigenvalue weighted by molar-refractivity contribution is 5.75. The van der Waals surface area contributed by atoms with E-state index >= 15 is 0 Å². The van der Waals surface area contributed by atoms with E-state index in [1.54, 1.807) is 12.1 Å². The number of hydrogen-bond donors (Lipinski definition) is 2. The maximum absolute atomic E-state index is 14.2. The van der Waals surface area contributed by atoms with Gasteiger partial charge in [0.15, 0.2) is 5.54 Å². The first-order valence-electron chi connectivity index (χ1n) is 9.54. The zero-order valence-corrected chi connectivity index (χ0v) is 16.9. The van der Waals surface area contributed by atoms with Crippen LogP contribution < -0.4 is 10.5 Å². The average Bonchev–Trinajstić information content (AvgIpc) is 3.18. The molecule has 0 spiro atoms. The number of carboxylic acid groups (broad SMARTS) is 1. The van der Waals surface area contributed by atoms with Gasteiger partial charge in [0.1, 0.15) is 12.4 Å². The van der Waals surface area contributed by atoms with E-state index in [1.165, 1.54) is 6.20 Å². The Morgan fingerprint density at radius 2 is 1.94 bits per heavy atom. The van der Waals surface area contributed by atoms with Crippen LogP contribution in [0.15, 0.2) is 71.9 Å². The van der Waals surface area contributed by atoms with Crippen LogP contribution in [0.1, 0.15) is 18.1 Å². The predicted octanol–water partition coefficient (Wildman–Crippen LogP) is 3.58. The zero-order valence-electron chi connectivity index (χ0n) is 16.9. The number of nitrogens with zero attached hydrogens (tertiary/aromatic N) is 2. The number of rotatable bonds is 5. The molecule has 160 valence electrons. The fraction of sp³-hybridized carbons (Fsp3) is 0.174. The second-order valence-corrected chi connectivity index (χ2v) is 6.58. The number of halogens is 1. The van der Waals surface area contributed by atoms with Crippen molar-refractivity contribution < 1.29 is 23.8 Å². The summed E-state index contributed by atoms with van der Waals surface area (Å²) in [6, 6.07) is 18.8. The second-order valence-electron chi connectivity index (χ2n) is 6.58. The molecule has 2 heterocycles. The third kappa shape index (κ3) is 4.63. The lowest BCUT2D eigenvalue weighted by atomic mass is 9.83. The van der Waals surface area contributed by atoms with Crippen molar-refractivity contribution in [1.82, 2.24) is 4.98 Å². The third-order valence-electron chi connectivity index (χ3n) is 4.78. The summed E-state index contributed by atoms with van der Waals surface area (Å²) in [6.07, 6.45) is 1.43. The number of carbonyl (C=O) groups is 1.